The van der Waals surface area contributed by atoms with Crippen LogP contribution in [0.3, 0.4) is 0 Å². The van der Waals surface area contributed by atoms with E-state index in [9.17, 15) is 0 Å². The van der Waals surface area contributed by atoms with E-state index in [1.54, 1.807) is 18.4 Å². The largest absolute Gasteiger partial charge is 0.480 e. The molecular weight excluding hydrogens is 258 g/mol. The smallest absolute Gasteiger partial charge is 0.230 e. The predicted molar refractivity (Wildman–Crippen MR) is 81.3 cm³/mol. The first-order valence-corrected chi connectivity index (χ1v) is 7.94. The third kappa shape index (κ3) is 4.08. The molecule has 1 aromatic rings. The van der Waals surface area contributed by atoms with Crippen molar-refractivity contribution in [2.75, 3.05) is 32.6 Å². The molecule has 0 aliphatic heterocycles. The number of nitrogens with zero attached hydrogens (tertiary/aromatic N) is 2. The Bertz CT molecular complexity index is 386. The van der Waals surface area contributed by atoms with Crippen LogP contribution in [0.4, 0.5) is 5.13 Å². The van der Waals surface area contributed by atoms with Gasteiger partial charge in [0.15, 0.2) is 5.13 Å². The van der Waals surface area contributed by atoms with Gasteiger partial charge in [-0.2, -0.15) is 4.98 Å². The fourth-order valence-electron chi connectivity index (χ4n) is 2.60. The number of nitrogens with one attached hydrogen (secondary N) is 1. The second-order valence-corrected chi connectivity index (χ2v) is 6.50. The number of methoxy groups -OCH3 is 1. The van der Waals surface area contributed by atoms with E-state index in [0.29, 0.717) is 0 Å². The van der Waals surface area contributed by atoms with Crippen LogP contribution in [0.25, 0.3) is 0 Å². The van der Waals surface area contributed by atoms with Gasteiger partial charge < -0.3 is 15.0 Å². The Hall–Kier alpha value is -0.810. The first-order chi connectivity index (χ1) is 9.20. The molecule has 1 fully saturated rings. The van der Waals surface area contributed by atoms with E-state index in [1.807, 2.05) is 19.0 Å². The van der Waals surface area contributed by atoms with Crippen molar-refractivity contribution in [2.45, 2.75) is 38.6 Å². The summed E-state index contributed by atoms with van der Waals surface area (Å²) in [6, 6.07) is 0. The summed E-state index contributed by atoms with van der Waals surface area (Å²) >= 11 is 1.70. The normalized spacial score (nSPS) is 15.9. The molecule has 1 saturated carbocycles. The highest BCUT2D eigenvalue weighted by molar-refractivity contribution is 7.15. The van der Waals surface area contributed by atoms with Gasteiger partial charge in [0.2, 0.25) is 5.88 Å². The monoisotopic (exact) mass is 283 g/mol. The van der Waals surface area contributed by atoms with Gasteiger partial charge in [-0.3, -0.25) is 0 Å². The average Bonchev–Trinajstić information content (AvgIpc) is 3.03. The molecule has 108 valence electrons. The number of aromatic nitrogens is 1. The quantitative estimate of drug-likeness (QED) is 0.781. The molecule has 0 spiro atoms. The van der Waals surface area contributed by atoms with E-state index < -0.39 is 0 Å². The molecule has 5 heteroatoms. The molecule has 1 aromatic heterocycles. The second kappa shape index (κ2) is 7.10. The molecule has 2 rings (SSSR count). The molecular formula is C14H25N3OS. The lowest BCUT2D eigenvalue weighted by molar-refractivity contribution is 0.394. The Morgan fingerprint density at radius 2 is 2.11 bits per heavy atom. The summed E-state index contributed by atoms with van der Waals surface area (Å²) in [6.45, 7) is 1.96. The van der Waals surface area contributed by atoms with Crippen LogP contribution in [0.15, 0.2) is 0 Å². The molecule has 0 unspecified atom stereocenters. The maximum Gasteiger partial charge on any atom is 0.230 e. The van der Waals surface area contributed by atoms with Crippen LogP contribution in [0, 0.1) is 5.92 Å². The summed E-state index contributed by atoms with van der Waals surface area (Å²) in [5.41, 5.74) is 0. The van der Waals surface area contributed by atoms with Crippen LogP contribution in [0.1, 0.15) is 37.0 Å². The van der Waals surface area contributed by atoms with Gasteiger partial charge in [0.25, 0.3) is 0 Å². The number of rotatable bonds is 7. The Morgan fingerprint density at radius 1 is 1.37 bits per heavy atom. The first-order valence-electron chi connectivity index (χ1n) is 7.12. The molecule has 1 N–H and O–H groups in total. The molecule has 4 nitrogen and oxygen atoms in total. The van der Waals surface area contributed by atoms with E-state index in [2.05, 4.69) is 10.3 Å². The highest BCUT2D eigenvalue weighted by Crippen LogP contribution is 2.30. The molecule has 0 atom stereocenters. The zero-order chi connectivity index (χ0) is 13.7. The zero-order valence-electron chi connectivity index (χ0n) is 12.2. The Morgan fingerprint density at radius 3 is 2.74 bits per heavy atom. The minimum Gasteiger partial charge on any atom is -0.480 e. The zero-order valence-corrected chi connectivity index (χ0v) is 13.1. The van der Waals surface area contributed by atoms with Crippen LogP contribution in [0.5, 0.6) is 5.88 Å². The summed E-state index contributed by atoms with van der Waals surface area (Å²) in [7, 11) is 5.71. The fourth-order valence-corrected chi connectivity index (χ4v) is 3.52. The summed E-state index contributed by atoms with van der Waals surface area (Å²) in [5.74, 6) is 1.72. The SMILES string of the molecule is COc1nc(N(C)C)sc1CNCCC1CCCC1. The molecule has 0 amide bonds. The molecule has 1 aliphatic rings. The van der Waals surface area contributed by atoms with E-state index in [1.165, 1.54) is 37.0 Å². The van der Waals surface area contributed by atoms with Crippen molar-refractivity contribution in [1.29, 1.82) is 0 Å². The van der Waals surface area contributed by atoms with Crippen molar-refractivity contribution in [1.82, 2.24) is 10.3 Å². The average molecular weight is 283 g/mol. The molecule has 0 radical (unpaired) electrons. The Kier molecular flexibility index (Phi) is 5.45. The van der Waals surface area contributed by atoms with Crippen molar-refractivity contribution >= 4 is 16.5 Å². The van der Waals surface area contributed by atoms with Crippen LogP contribution in [-0.4, -0.2) is 32.7 Å². The molecule has 19 heavy (non-hydrogen) atoms. The first kappa shape index (κ1) is 14.6. The molecule has 0 aromatic carbocycles. The van der Waals surface area contributed by atoms with Crippen LogP contribution < -0.4 is 15.0 Å². The summed E-state index contributed by atoms with van der Waals surface area (Å²) in [4.78, 5) is 7.68. The number of hydrogen-bond donors (Lipinski definition) is 1. The van der Waals surface area contributed by atoms with Crippen molar-refractivity contribution in [3.63, 3.8) is 0 Å². The number of ether oxygens (including phenoxy) is 1. The highest BCUT2D eigenvalue weighted by atomic mass is 32.1. The topological polar surface area (TPSA) is 37.4 Å². The molecule has 1 aliphatic carbocycles. The maximum atomic E-state index is 5.34. The van der Waals surface area contributed by atoms with E-state index >= 15 is 0 Å². The lowest BCUT2D eigenvalue weighted by Crippen LogP contribution is -2.16. The van der Waals surface area contributed by atoms with Crippen LogP contribution >= 0.6 is 11.3 Å². The number of anilines is 1. The third-order valence-electron chi connectivity index (χ3n) is 3.72. The lowest BCUT2D eigenvalue weighted by atomic mass is 10.0. The fraction of sp³-hybridized carbons (Fsp3) is 0.786. The van der Waals surface area contributed by atoms with Crippen LogP contribution in [-0.2, 0) is 6.54 Å². The standard InChI is InChI=1S/C14H25N3OS/c1-17(2)14-16-13(18-3)12(19-14)10-15-9-8-11-6-4-5-7-11/h11,15H,4-10H2,1-3H3. The number of hydrogen-bond acceptors (Lipinski definition) is 5. The highest BCUT2D eigenvalue weighted by Gasteiger charge is 2.15. The second-order valence-electron chi connectivity index (χ2n) is 5.44. The summed E-state index contributed by atoms with van der Waals surface area (Å²) < 4.78 is 5.34. The van der Waals surface area contributed by atoms with E-state index in [4.69, 9.17) is 4.74 Å². The van der Waals surface area contributed by atoms with Crippen LogP contribution in [0.2, 0.25) is 0 Å². The van der Waals surface area contributed by atoms with Gasteiger partial charge in [-0.15, -0.1) is 0 Å². The Balaban J connectivity index is 1.77. The van der Waals surface area contributed by atoms with Gasteiger partial charge in [-0.05, 0) is 18.9 Å². The molecule has 0 saturated heterocycles. The van der Waals surface area contributed by atoms with Gasteiger partial charge in [0, 0.05) is 20.6 Å². The van der Waals surface area contributed by atoms with Crippen molar-refractivity contribution in [2.24, 2.45) is 5.92 Å². The third-order valence-corrected chi connectivity index (χ3v) is 4.92. The van der Waals surface area contributed by atoms with Gasteiger partial charge in [0.1, 0.15) is 0 Å². The maximum absolute atomic E-state index is 5.34. The molecule has 0 bridgehead atoms. The minimum absolute atomic E-state index is 0.766. The summed E-state index contributed by atoms with van der Waals surface area (Å²) in [5, 5.41) is 4.53. The Labute approximate surface area is 120 Å². The van der Waals surface area contributed by atoms with Gasteiger partial charge in [0.05, 0.1) is 12.0 Å². The van der Waals surface area contributed by atoms with Crippen molar-refractivity contribution in [3.05, 3.63) is 4.88 Å². The van der Waals surface area contributed by atoms with E-state index in [0.717, 1.165) is 30.0 Å². The van der Waals surface area contributed by atoms with Crippen molar-refractivity contribution in [3.8, 4) is 5.88 Å². The van der Waals surface area contributed by atoms with Gasteiger partial charge in [-0.25, -0.2) is 0 Å². The minimum atomic E-state index is 0.766. The van der Waals surface area contributed by atoms with Crippen molar-refractivity contribution < 1.29 is 4.74 Å². The summed E-state index contributed by atoms with van der Waals surface area (Å²) in [6.07, 6.45) is 7.02. The van der Waals surface area contributed by atoms with E-state index in [-0.39, 0.29) is 0 Å². The van der Waals surface area contributed by atoms with Gasteiger partial charge in [-0.1, -0.05) is 37.0 Å². The molecule has 1 heterocycles. The lowest BCUT2D eigenvalue weighted by Gasteiger charge is -2.09. The predicted octanol–water partition coefficient (Wildman–Crippen LogP) is 2.89. The number of thiazole rings is 1. The van der Waals surface area contributed by atoms with Gasteiger partial charge >= 0.3 is 0 Å².